The summed E-state index contributed by atoms with van der Waals surface area (Å²) in [5.74, 6) is -0.378. The van der Waals surface area contributed by atoms with Gasteiger partial charge in [-0.25, -0.2) is 14.1 Å². The summed E-state index contributed by atoms with van der Waals surface area (Å²) in [4.78, 5) is 26.5. The van der Waals surface area contributed by atoms with Crippen molar-refractivity contribution >= 4 is 11.5 Å². The maximum Gasteiger partial charge on any atom is 0.270 e. The van der Waals surface area contributed by atoms with Gasteiger partial charge >= 0.3 is 0 Å². The van der Waals surface area contributed by atoms with Crippen LogP contribution < -0.4 is 0 Å². The van der Waals surface area contributed by atoms with Crippen molar-refractivity contribution in [2.24, 2.45) is 0 Å². The number of aromatic nitrogens is 3. The third-order valence-corrected chi connectivity index (χ3v) is 3.32. The van der Waals surface area contributed by atoms with Gasteiger partial charge in [0.1, 0.15) is 18.7 Å². The Bertz CT molecular complexity index is 906. The fourth-order valence-corrected chi connectivity index (χ4v) is 2.14. The normalized spacial score (nSPS) is 10.5. The van der Waals surface area contributed by atoms with Gasteiger partial charge in [0.15, 0.2) is 11.6 Å². The average Bonchev–Trinajstić information content (AvgIpc) is 3.04. The number of nitro groups is 1. The summed E-state index contributed by atoms with van der Waals surface area (Å²) in [6, 6.07) is 11.1. The Labute approximate surface area is 135 Å². The number of benzene rings is 2. The lowest BCUT2D eigenvalue weighted by Gasteiger charge is -2.01. The summed E-state index contributed by atoms with van der Waals surface area (Å²) in [7, 11) is 0. The van der Waals surface area contributed by atoms with E-state index < -0.39 is 10.7 Å². The number of Topliss-reactive ketones (excluding diaryl/α,β-unsaturated/α-hetero) is 1. The van der Waals surface area contributed by atoms with Crippen LogP contribution >= 0.6 is 0 Å². The Morgan fingerprint density at radius 2 is 1.96 bits per heavy atom. The number of hydrogen-bond acceptors (Lipinski definition) is 5. The lowest BCUT2D eigenvalue weighted by Crippen LogP contribution is -2.11. The van der Waals surface area contributed by atoms with Gasteiger partial charge in [-0.15, -0.1) is 0 Å². The molecule has 0 aliphatic heterocycles. The Morgan fingerprint density at radius 3 is 2.67 bits per heavy atom. The van der Waals surface area contributed by atoms with E-state index >= 15 is 0 Å². The van der Waals surface area contributed by atoms with E-state index in [1.165, 1.54) is 53.5 Å². The van der Waals surface area contributed by atoms with E-state index in [4.69, 9.17) is 0 Å². The fraction of sp³-hybridized carbons (Fsp3) is 0.0625. The predicted octanol–water partition coefficient (Wildman–Crippen LogP) is 2.88. The monoisotopic (exact) mass is 326 g/mol. The second-order valence-corrected chi connectivity index (χ2v) is 5.00. The molecule has 0 saturated carbocycles. The Kier molecular flexibility index (Phi) is 4.11. The number of rotatable bonds is 5. The molecular formula is C16H11FN4O3. The lowest BCUT2D eigenvalue weighted by molar-refractivity contribution is -0.384. The van der Waals surface area contributed by atoms with Gasteiger partial charge in [0.25, 0.3) is 5.69 Å². The quantitative estimate of drug-likeness (QED) is 0.408. The second kappa shape index (κ2) is 6.37. The van der Waals surface area contributed by atoms with E-state index in [1.54, 1.807) is 6.07 Å². The molecule has 3 aromatic rings. The molecule has 0 radical (unpaired) electrons. The highest BCUT2D eigenvalue weighted by Gasteiger charge is 2.12. The summed E-state index contributed by atoms with van der Waals surface area (Å²) in [5, 5.41) is 15.0. The maximum atomic E-state index is 12.9. The van der Waals surface area contributed by atoms with Crippen molar-refractivity contribution < 1.29 is 14.1 Å². The third kappa shape index (κ3) is 3.32. The van der Waals surface area contributed by atoms with Crippen molar-refractivity contribution in [1.82, 2.24) is 14.8 Å². The SMILES string of the molecule is O=C(Cn1cnc(-c2cccc([N+](=O)[O-])c2)n1)c1ccc(F)cc1. The molecule has 3 rings (SSSR count). The molecule has 1 heterocycles. The van der Waals surface area contributed by atoms with E-state index in [1.807, 2.05) is 0 Å². The molecule has 0 fully saturated rings. The second-order valence-electron chi connectivity index (χ2n) is 5.00. The van der Waals surface area contributed by atoms with Gasteiger partial charge in [-0.1, -0.05) is 12.1 Å². The molecule has 7 nitrogen and oxygen atoms in total. The van der Waals surface area contributed by atoms with E-state index in [0.29, 0.717) is 11.1 Å². The molecule has 0 aliphatic rings. The van der Waals surface area contributed by atoms with Gasteiger partial charge in [0.05, 0.1) is 4.92 Å². The number of hydrogen-bond donors (Lipinski definition) is 0. The van der Waals surface area contributed by atoms with Crippen molar-refractivity contribution in [3.63, 3.8) is 0 Å². The van der Waals surface area contributed by atoms with E-state index in [0.717, 1.165) is 0 Å². The van der Waals surface area contributed by atoms with Gasteiger partial charge < -0.3 is 0 Å². The first-order valence-corrected chi connectivity index (χ1v) is 6.96. The molecule has 0 saturated heterocycles. The van der Waals surface area contributed by atoms with Crippen molar-refractivity contribution in [1.29, 1.82) is 0 Å². The first kappa shape index (κ1) is 15.5. The minimum Gasteiger partial charge on any atom is -0.292 e. The zero-order valence-corrected chi connectivity index (χ0v) is 12.3. The van der Waals surface area contributed by atoms with Gasteiger partial charge in [0, 0.05) is 23.3 Å². The van der Waals surface area contributed by atoms with E-state index in [2.05, 4.69) is 10.1 Å². The van der Waals surface area contributed by atoms with Crippen LogP contribution in [0.15, 0.2) is 54.9 Å². The van der Waals surface area contributed by atoms with Crippen LogP contribution in [0.25, 0.3) is 11.4 Å². The average molecular weight is 326 g/mol. The van der Waals surface area contributed by atoms with Gasteiger partial charge in [-0.2, -0.15) is 5.10 Å². The van der Waals surface area contributed by atoms with Crippen molar-refractivity contribution in [2.75, 3.05) is 0 Å². The highest BCUT2D eigenvalue weighted by molar-refractivity contribution is 5.95. The summed E-state index contributed by atoms with van der Waals surface area (Å²) >= 11 is 0. The molecule has 0 amide bonds. The van der Waals surface area contributed by atoms with Crippen LogP contribution in [0.5, 0.6) is 0 Å². The van der Waals surface area contributed by atoms with E-state index in [-0.39, 0.29) is 23.8 Å². The zero-order valence-electron chi connectivity index (χ0n) is 12.3. The molecular weight excluding hydrogens is 315 g/mol. The molecule has 0 unspecified atom stereocenters. The molecule has 1 aromatic heterocycles. The maximum absolute atomic E-state index is 12.9. The van der Waals surface area contributed by atoms with Crippen LogP contribution in [-0.2, 0) is 6.54 Å². The number of non-ortho nitro benzene ring substituents is 1. The van der Waals surface area contributed by atoms with Crippen LogP contribution in [0, 0.1) is 15.9 Å². The third-order valence-electron chi connectivity index (χ3n) is 3.32. The van der Waals surface area contributed by atoms with Crippen molar-refractivity contribution in [3.05, 3.63) is 76.4 Å². The minimum absolute atomic E-state index is 0.0619. The van der Waals surface area contributed by atoms with Crippen LogP contribution in [0.3, 0.4) is 0 Å². The number of carbonyl (C=O) groups excluding carboxylic acids is 1. The first-order chi connectivity index (χ1) is 11.5. The molecule has 0 spiro atoms. The number of ketones is 1. The molecule has 0 atom stereocenters. The molecule has 120 valence electrons. The Hall–Kier alpha value is -3.42. The summed E-state index contributed by atoms with van der Waals surface area (Å²) in [5.41, 5.74) is 0.784. The molecule has 24 heavy (non-hydrogen) atoms. The van der Waals surface area contributed by atoms with Crippen molar-refractivity contribution in [2.45, 2.75) is 6.54 Å². The van der Waals surface area contributed by atoms with Gasteiger partial charge in [-0.05, 0) is 24.3 Å². The minimum atomic E-state index is -0.501. The topological polar surface area (TPSA) is 90.9 Å². The molecule has 0 bridgehead atoms. The van der Waals surface area contributed by atoms with Crippen LogP contribution in [0.2, 0.25) is 0 Å². The molecule has 0 N–H and O–H groups in total. The van der Waals surface area contributed by atoms with Gasteiger partial charge in [-0.3, -0.25) is 14.9 Å². The number of carbonyl (C=O) groups is 1. The Morgan fingerprint density at radius 1 is 1.21 bits per heavy atom. The highest BCUT2D eigenvalue weighted by Crippen LogP contribution is 2.20. The highest BCUT2D eigenvalue weighted by atomic mass is 19.1. The largest absolute Gasteiger partial charge is 0.292 e. The molecule has 0 aliphatic carbocycles. The zero-order chi connectivity index (χ0) is 17.1. The van der Waals surface area contributed by atoms with Crippen LogP contribution in [0.1, 0.15) is 10.4 Å². The smallest absolute Gasteiger partial charge is 0.270 e. The predicted molar refractivity (Wildman–Crippen MR) is 82.8 cm³/mol. The standard InChI is InChI=1S/C16H11FN4O3/c17-13-6-4-11(5-7-13)15(22)9-20-10-18-16(19-20)12-2-1-3-14(8-12)21(23)24/h1-8,10H,9H2. The van der Waals surface area contributed by atoms with E-state index in [9.17, 15) is 19.3 Å². The number of halogens is 1. The fourth-order valence-electron chi connectivity index (χ4n) is 2.14. The lowest BCUT2D eigenvalue weighted by atomic mass is 10.1. The summed E-state index contributed by atoms with van der Waals surface area (Å²) in [6.07, 6.45) is 1.37. The Balaban J connectivity index is 1.78. The van der Waals surface area contributed by atoms with Crippen LogP contribution in [0.4, 0.5) is 10.1 Å². The van der Waals surface area contributed by atoms with Gasteiger partial charge in [0.2, 0.25) is 0 Å². The summed E-state index contributed by atoms with van der Waals surface area (Å²) in [6.45, 7) is -0.0619. The number of nitrogens with zero attached hydrogens (tertiary/aromatic N) is 4. The number of nitro benzene ring substituents is 1. The van der Waals surface area contributed by atoms with Crippen LogP contribution in [-0.4, -0.2) is 25.5 Å². The molecule has 2 aromatic carbocycles. The first-order valence-electron chi connectivity index (χ1n) is 6.96. The molecule has 8 heteroatoms. The summed E-state index contributed by atoms with van der Waals surface area (Å²) < 4.78 is 14.2. The van der Waals surface area contributed by atoms with Crippen molar-refractivity contribution in [3.8, 4) is 11.4 Å².